The van der Waals surface area contributed by atoms with E-state index in [-0.39, 0.29) is 17.5 Å². The summed E-state index contributed by atoms with van der Waals surface area (Å²) in [7, 11) is 6.16. The molecule has 0 unspecified atom stereocenters. The third-order valence-corrected chi connectivity index (χ3v) is 7.51. The van der Waals surface area contributed by atoms with Gasteiger partial charge in [0.15, 0.2) is 17.3 Å². The maximum absolute atomic E-state index is 13.1. The summed E-state index contributed by atoms with van der Waals surface area (Å²) in [6.07, 6.45) is 1.47. The SMILES string of the molecule is COc1cc(C(=O)CCCN2CC[C@@H](OC(=O)c3cc(Cl)c(N)c4c3OCC4)[C@@H](OC)C2)cc(OC)c1OC. The molecule has 0 amide bonds. The molecule has 0 saturated carbocycles. The third-order valence-electron chi connectivity index (χ3n) is 7.20. The van der Waals surface area contributed by atoms with E-state index in [1.54, 1.807) is 19.2 Å². The summed E-state index contributed by atoms with van der Waals surface area (Å²) in [4.78, 5) is 28.2. The van der Waals surface area contributed by atoms with Crippen LogP contribution in [-0.4, -0.2) is 83.5 Å². The van der Waals surface area contributed by atoms with Gasteiger partial charge in [0.1, 0.15) is 23.5 Å². The first kappa shape index (κ1) is 28.8. The van der Waals surface area contributed by atoms with Crippen LogP contribution in [0.5, 0.6) is 23.0 Å². The Morgan fingerprint density at radius 1 is 1.08 bits per heavy atom. The van der Waals surface area contributed by atoms with E-state index < -0.39 is 12.1 Å². The van der Waals surface area contributed by atoms with Gasteiger partial charge < -0.3 is 39.1 Å². The summed E-state index contributed by atoms with van der Waals surface area (Å²) in [5.41, 5.74) is 8.01. The maximum atomic E-state index is 13.1. The lowest BCUT2D eigenvalue weighted by Gasteiger charge is -2.37. The molecule has 1 fully saturated rings. The first-order chi connectivity index (χ1) is 18.8. The lowest BCUT2D eigenvalue weighted by molar-refractivity contribution is -0.0730. The van der Waals surface area contributed by atoms with E-state index in [9.17, 15) is 9.59 Å². The molecule has 0 bridgehead atoms. The molecule has 1 saturated heterocycles. The number of hydrogen-bond acceptors (Lipinski definition) is 10. The van der Waals surface area contributed by atoms with Crippen molar-refractivity contribution in [3.63, 3.8) is 0 Å². The predicted octanol–water partition coefficient (Wildman–Crippen LogP) is 3.79. The lowest BCUT2D eigenvalue weighted by Crippen LogP contribution is -2.49. The molecule has 0 aromatic heterocycles. The first-order valence-corrected chi connectivity index (χ1v) is 13.2. The Kier molecular flexibility index (Phi) is 9.42. The Morgan fingerprint density at radius 3 is 2.44 bits per heavy atom. The third kappa shape index (κ3) is 6.18. The standard InChI is InChI=1S/C28H35ClN2O8/c1-34-22-12-16(13-23(35-2)27(22)37-4)20(32)6-5-9-31-10-7-21(24(15-31)36-3)39-28(33)18-14-19(29)25(30)17-8-11-38-26(17)18/h12-14,21,24H,5-11,15,30H2,1-4H3/t21-,24+/m1/s1. The van der Waals surface area contributed by atoms with E-state index in [0.29, 0.717) is 91.2 Å². The van der Waals surface area contributed by atoms with Crippen molar-refractivity contribution < 1.29 is 38.0 Å². The highest BCUT2D eigenvalue weighted by Gasteiger charge is 2.34. The fourth-order valence-electron chi connectivity index (χ4n) is 5.09. The first-order valence-electron chi connectivity index (χ1n) is 12.8. The number of anilines is 1. The number of ketones is 1. The number of nitrogens with two attached hydrogens (primary N) is 1. The van der Waals surface area contributed by atoms with Crippen LogP contribution in [0.4, 0.5) is 5.69 Å². The zero-order valence-electron chi connectivity index (χ0n) is 22.7. The number of halogens is 1. The second-order valence-corrected chi connectivity index (χ2v) is 9.88. The van der Waals surface area contributed by atoms with Crippen LogP contribution in [0.1, 0.15) is 45.5 Å². The van der Waals surface area contributed by atoms with Crippen LogP contribution in [0.15, 0.2) is 18.2 Å². The number of carbonyl (C=O) groups is 2. The van der Waals surface area contributed by atoms with Crippen molar-refractivity contribution in [2.75, 3.05) is 60.4 Å². The van der Waals surface area contributed by atoms with Crippen LogP contribution >= 0.6 is 11.6 Å². The van der Waals surface area contributed by atoms with Crippen LogP contribution in [-0.2, 0) is 15.9 Å². The van der Waals surface area contributed by atoms with Crippen LogP contribution < -0.4 is 24.7 Å². The number of fused-ring (bicyclic) bond motifs is 1. The van der Waals surface area contributed by atoms with Crippen LogP contribution in [0.2, 0.25) is 5.02 Å². The van der Waals surface area contributed by atoms with Gasteiger partial charge in [0.05, 0.1) is 38.6 Å². The average molecular weight is 563 g/mol. The van der Waals surface area contributed by atoms with Crippen LogP contribution in [0, 0.1) is 0 Å². The number of piperidine rings is 1. The van der Waals surface area contributed by atoms with E-state index in [0.717, 1.165) is 5.56 Å². The monoisotopic (exact) mass is 562 g/mol. The van der Waals surface area contributed by atoms with Gasteiger partial charge in [-0.3, -0.25) is 4.79 Å². The van der Waals surface area contributed by atoms with E-state index in [1.807, 2.05) is 0 Å². The van der Waals surface area contributed by atoms with Crippen molar-refractivity contribution in [1.82, 2.24) is 4.90 Å². The number of benzene rings is 2. The molecule has 0 radical (unpaired) electrons. The molecule has 4 rings (SSSR count). The Hall–Kier alpha value is -3.21. The topological polar surface area (TPSA) is 119 Å². The normalized spacial score (nSPS) is 18.7. The number of nitrogens with zero attached hydrogens (tertiary/aromatic N) is 1. The van der Waals surface area contributed by atoms with Crippen LogP contribution in [0.3, 0.4) is 0 Å². The summed E-state index contributed by atoms with van der Waals surface area (Å²) in [6.45, 7) is 2.42. The fourth-order valence-corrected chi connectivity index (χ4v) is 5.32. The van der Waals surface area contributed by atoms with Gasteiger partial charge in [-0.05, 0) is 37.6 Å². The zero-order valence-corrected chi connectivity index (χ0v) is 23.5. The molecule has 11 heteroatoms. The molecule has 2 aliphatic rings. The van der Waals surface area contributed by atoms with Gasteiger partial charge in [-0.2, -0.15) is 0 Å². The van der Waals surface area contributed by atoms with Gasteiger partial charge in [-0.15, -0.1) is 0 Å². The molecule has 39 heavy (non-hydrogen) atoms. The molecule has 0 aliphatic carbocycles. The van der Waals surface area contributed by atoms with Crippen molar-refractivity contribution in [2.24, 2.45) is 0 Å². The number of likely N-dealkylation sites (tertiary alicyclic amines) is 1. The Labute approximate surface area is 233 Å². The van der Waals surface area contributed by atoms with Gasteiger partial charge in [0.25, 0.3) is 0 Å². The molecule has 2 aromatic carbocycles. The average Bonchev–Trinajstić information content (AvgIpc) is 3.44. The molecule has 0 spiro atoms. The number of esters is 1. The summed E-state index contributed by atoms with van der Waals surface area (Å²) < 4.78 is 33.2. The van der Waals surface area contributed by atoms with Gasteiger partial charge in [-0.25, -0.2) is 4.79 Å². The van der Waals surface area contributed by atoms with E-state index in [2.05, 4.69) is 4.90 Å². The zero-order chi connectivity index (χ0) is 28.1. The number of ether oxygens (including phenoxy) is 6. The minimum Gasteiger partial charge on any atom is -0.493 e. The lowest BCUT2D eigenvalue weighted by atomic mass is 10.0. The minimum absolute atomic E-state index is 0.0155. The highest BCUT2D eigenvalue weighted by atomic mass is 35.5. The maximum Gasteiger partial charge on any atom is 0.342 e. The number of rotatable bonds is 11. The summed E-state index contributed by atoms with van der Waals surface area (Å²) in [5.74, 6) is 1.26. The van der Waals surface area contributed by atoms with Crippen molar-refractivity contribution in [3.8, 4) is 23.0 Å². The number of carbonyl (C=O) groups excluding carboxylic acids is 2. The second kappa shape index (κ2) is 12.8. The second-order valence-electron chi connectivity index (χ2n) is 9.47. The molecule has 2 atom stereocenters. The van der Waals surface area contributed by atoms with Crippen molar-refractivity contribution in [2.45, 2.75) is 37.9 Å². The van der Waals surface area contributed by atoms with Crippen molar-refractivity contribution in [1.29, 1.82) is 0 Å². The quantitative estimate of drug-likeness (QED) is 0.246. The Balaban J connectivity index is 1.32. The minimum atomic E-state index is -0.508. The molecular weight excluding hydrogens is 528 g/mol. The number of hydrogen-bond donors (Lipinski definition) is 1. The molecule has 212 valence electrons. The van der Waals surface area contributed by atoms with Gasteiger partial charge in [0.2, 0.25) is 5.75 Å². The van der Waals surface area contributed by atoms with Gasteiger partial charge in [-0.1, -0.05) is 11.6 Å². The molecule has 2 N–H and O–H groups in total. The molecule has 2 aromatic rings. The van der Waals surface area contributed by atoms with E-state index >= 15 is 0 Å². The smallest absolute Gasteiger partial charge is 0.342 e. The number of nitrogen functional groups attached to an aromatic ring is 1. The molecular formula is C28H35ClN2O8. The highest BCUT2D eigenvalue weighted by molar-refractivity contribution is 6.33. The highest BCUT2D eigenvalue weighted by Crippen LogP contribution is 2.40. The fraction of sp³-hybridized carbons (Fsp3) is 0.500. The Morgan fingerprint density at radius 2 is 1.79 bits per heavy atom. The summed E-state index contributed by atoms with van der Waals surface area (Å²) >= 11 is 6.25. The van der Waals surface area contributed by atoms with Crippen LogP contribution in [0.25, 0.3) is 0 Å². The van der Waals surface area contributed by atoms with Gasteiger partial charge in [0, 0.05) is 44.2 Å². The van der Waals surface area contributed by atoms with Gasteiger partial charge >= 0.3 is 5.97 Å². The largest absolute Gasteiger partial charge is 0.493 e. The van der Waals surface area contributed by atoms with E-state index in [4.69, 9.17) is 45.8 Å². The van der Waals surface area contributed by atoms with E-state index in [1.165, 1.54) is 27.4 Å². The Bertz CT molecular complexity index is 1200. The number of methoxy groups -OCH3 is 4. The molecule has 2 heterocycles. The van der Waals surface area contributed by atoms with Crippen molar-refractivity contribution >= 4 is 29.0 Å². The number of Topliss-reactive ketones (excluding diaryl/α,β-unsaturated/α-hetero) is 1. The molecule has 10 nitrogen and oxygen atoms in total. The predicted molar refractivity (Wildman–Crippen MR) is 146 cm³/mol. The molecule has 2 aliphatic heterocycles. The summed E-state index contributed by atoms with van der Waals surface area (Å²) in [6, 6.07) is 4.84. The van der Waals surface area contributed by atoms with Crippen molar-refractivity contribution in [3.05, 3.63) is 39.9 Å². The summed E-state index contributed by atoms with van der Waals surface area (Å²) in [5, 5.41) is 0.311.